The minimum atomic E-state index is 0.104. The van der Waals surface area contributed by atoms with E-state index in [-0.39, 0.29) is 11.9 Å². The molecule has 3 rings (SSSR count). The van der Waals surface area contributed by atoms with Gasteiger partial charge >= 0.3 is 0 Å². The summed E-state index contributed by atoms with van der Waals surface area (Å²) < 4.78 is 5.79. The van der Waals surface area contributed by atoms with E-state index >= 15 is 0 Å². The van der Waals surface area contributed by atoms with Gasteiger partial charge in [0.15, 0.2) is 0 Å². The van der Waals surface area contributed by atoms with Crippen LogP contribution in [0.1, 0.15) is 41.6 Å². The van der Waals surface area contributed by atoms with E-state index in [2.05, 4.69) is 0 Å². The second-order valence-corrected chi connectivity index (χ2v) is 6.52. The molecule has 2 aromatic rings. The fourth-order valence-electron chi connectivity index (χ4n) is 3.36. The lowest BCUT2D eigenvalue weighted by Crippen LogP contribution is -2.44. The Hall–Kier alpha value is -2.33. The lowest BCUT2D eigenvalue weighted by atomic mass is 9.98. The molecule has 0 radical (unpaired) electrons. The van der Waals surface area contributed by atoms with Crippen LogP contribution >= 0.6 is 0 Å². The van der Waals surface area contributed by atoms with Gasteiger partial charge in [-0.15, -0.1) is 0 Å². The average Bonchev–Trinajstić information content (AvgIpc) is 2.68. The maximum atomic E-state index is 12.8. The molecule has 132 valence electrons. The normalized spacial score (nSPS) is 17.3. The van der Waals surface area contributed by atoms with Gasteiger partial charge in [0, 0.05) is 18.2 Å². The minimum absolute atomic E-state index is 0.104. The van der Waals surface area contributed by atoms with Crippen molar-refractivity contribution in [3.8, 4) is 5.75 Å². The Bertz CT molecular complexity index is 668. The van der Waals surface area contributed by atoms with Crippen molar-refractivity contribution < 1.29 is 9.53 Å². The Labute approximate surface area is 149 Å². The first kappa shape index (κ1) is 17.5. The van der Waals surface area contributed by atoms with Crippen LogP contribution < -0.4 is 10.5 Å². The predicted molar refractivity (Wildman–Crippen MR) is 99.6 cm³/mol. The molecule has 1 atom stereocenters. The number of carbonyl (C=O) groups excluding carboxylic acids is 1. The Balaban J connectivity index is 1.61. The Morgan fingerprint density at radius 3 is 2.56 bits per heavy atom. The van der Waals surface area contributed by atoms with E-state index in [1.165, 1.54) is 6.42 Å². The predicted octanol–water partition coefficient (Wildman–Crippen LogP) is 3.61. The topological polar surface area (TPSA) is 55.6 Å². The van der Waals surface area contributed by atoms with Gasteiger partial charge in [-0.3, -0.25) is 4.79 Å². The minimum Gasteiger partial charge on any atom is -0.489 e. The molecule has 2 N–H and O–H groups in total. The summed E-state index contributed by atoms with van der Waals surface area (Å²) in [5.74, 6) is 0.880. The summed E-state index contributed by atoms with van der Waals surface area (Å²) in [6.07, 6.45) is 4.19. The second-order valence-electron chi connectivity index (χ2n) is 6.52. The molecule has 1 aliphatic heterocycles. The van der Waals surface area contributed by atoms with Gasteiger partial charge in [-0.05, 0) is 62.1 Å². The van der Waals surface area contributed by atoms with Crippen molar-refractivity contribution in [2.75, 3.05) is 13.1 Å². The molecule has 1 saturated heterocycles. The molecule has 2 aromatic carbocycles. The van der Waals surface area contributed by atoms with Crippen LogP contribution in [0, 0.1) is 0 Å². The van der Waals surface area contributed by atoms with E-state index in [4.69, 9.17) is 10.5 Å². The van der Waals surface area contributed by atoms with Gasteiger partial charge in [0.05, 0.1) is 0 Å². The monoisotopic (exact) mass is 338 g/mol. The van der Waals surface area contributed by atoms with Gasteiger partial charge in [0.25, 0.3) is 5.91 Å². The van der Waals surface area contributed by atoms with E-state index in [0.717, 1.165) is 42.7 Å². The summed E-state index contributed by atoms with van der Waals surface area (Å²) in [6.45, 7) is 1.98. The van der Waals surface area contributed by atoms with Crippen molar-refractivity contribution >= 4 is 5.91 Å². The van der Waals surface area contributed by atoms with Crippen molar-refractivity contribution in [3.63, 3.8) is 0 Å². The van der Waals surface area contributed by atoms with Crippen LogP contribution in [0.3, 0.4) is 0 Å². The van der Waals surface area contributed by atoms with E-state index in [1.807, 2.05) is 59.5 Å². The summed E-state index contributed by atoms with van der Waals surface area (Å²) in [5, 5.41) is 0. The molecule has 1 amide bonds. The maximum absolute atomic E-state index is 12.8. The Morgan fingerprint density at radius 2 is 1.84 bits per heavy atom. The number of benzene rings is 2. The molecule has 4 heteroatoms. The molecule has 4 nitrogen and oxygen atoms in total. The van der Waals surface area contributed by atoms with Crippen LogP contribution in [0.2, 0.25) is 0 Å². The van der Waals surface area contributed by atoms with Crippen molar-refractivity contribution in [2.45, 2.75) is 38.3 Å². The number of amides is 1. The zero-order valence-electron chi connectivity index (χ0n) is 14.6. The second kappa shape index (κ2) is 8.67. The van der Waals surface area contributed by atoms with Gasteiger partial charge in [-0.1, -0.05) is 30.3 Å². The number of hydrogen-bond donors (Lipinski definition) is 1. The molecule has 1 fully saturated rings. The van der Waals surface area contributed by atoms with Crippen LogP contribution in [-0.4, -0.2) is 29.9 Å². The highest BCUT2D eigenvalue weighted by Crippen LogP contribution is 2.23. The zero-order valence-corrected chi connectivity index (χ0v) is 14.6. The van der Waals surface area contributed by atoms with E-state index in [9.17, 15) is 4.79 Å². The van der Waals surface area contributed by atoms with Crippen LogP contribution in [0.5, 0.6) is 5.75 Å². The number of rotatable bonds is 6. The van der Waals surface area contributed by atoms with Crippen molar-refractivity contribution in [2.24, 2.45) is 5.73 Å². The Kier molecular flexibility index (Phi) is 6.07. The number of likely N-dealkylation sites (tertiary alicyclic amines) is 1. The fourth-order valence-corrected chi connectivity index (χ4v) is 3.36. The highest BCUT2D eigenvalue weighted by atomic mass is 16.5. The third-order valence-corrected chi connectivity index (χ3v) is 4.74. The average molecular weight is 338 g/mol. The standard InChI is InChI=1S/C21H26N2O2/c22-14-13-19-8-4-5-15-23(19)21(24)18-9-11-20(12-10-18)25-16-17-6-2-1-3-7-17/h1-3,6-7,9-12,19H,4-5,8,13-16,22H2. The van der Waals surface area contributed by atoms with Gasteiger partial charge in [0.2, 0.25) is 0 Å². The van der Waals surface area contributed by atoms with Crippen LogP contribution in [-0.2, 0) is 6.61 Å². The lowest BCUT2D eigenvalue weighted by molar-refractivity contribution is 0.0605. The number of hydrogen-bond acceptors (Lipinski definition) is 3. The first-order chi connectivity index (χ1) is 12.3. The van der Waals surface area contributed by atoms with Gasteiger partial charge in [0.1, 0.15) is 12.4 Å². The van der Waals surface area contributed by atoms with Crippen LogP contribution in [0.15, 0.2) is 54.6 Å². The summed E-state index contributed by atoms with van der Waals surface area (Å²) >= 11 is 0. The molecule has 25 heavy (non-hydrogen) atoms. The molecule has 1 aliphatic rings. The molecule has 0 bridgehead atoms. The molecule has 1 unspecified atom stereocenters. The van der Waals surface area contributed by atoms with Crippen LogP contribution in [0.4, 0.5) is 0 Å². The molecule has 0 aromatic heterocycles. The number of ether oxygens (including phenoxy) is 1. The third kappa shape index (κ3) is 4.60. The van der Waals surface area contributed by atoms with E-state index in [0.29, 0.717) is 13.2 Å². The van der Waals surface area contributed by atoms with Crippen molar-refractivity contribution in [1.82, 2.24) is 4.90 Å². The summed E-state index contributed by atoms with van der Waals surface area (Å²) in [6, 6.07) is 17.8. The molecule has 1 heterocycles. The number of nitrogens with zero attached hydrogens (tertiary/aromatic N) is 1. The molecule has 0 aliphatic carbocycles. The number of carbonyl (C=O) groups is 1. The highest BCUT2D eigenvalue weighted by Gasteiger charge is 2.26. The summed E-state index contributed by atoms with van der Waals surface area (Å²) in [7, 11) is 0. The van der Waals surface area contributed by atoms with E-state index < -0.39 is 0 Å². The van der Waals surface area contributed by atoms with Crippen LogP contribution in [0.25, 0.3) is 0 Å². The van der Waals surface area contributed by atoms with Gasteiger partial charge in [-0.25, -0.2) is 0 Å². The number of nitrogens with two attached hydrogens (primary N) is 1. The fraction of sp³-hybridized carbons (Fsp3) is 0.381. The molecule has 0 spiro atoms. The molecular weight excluding hydrogens is 312 g/mol. The first-order valence-corrected chi connectivity index (χ1v) is 9.06. The molecule has 0 saturated carbocycles. The van der Waals surface area contributed by atoms with E-state index in [1.54, 1.807) is 0 Å². The summed E-state index contributed by atoms with van der Waals surface area (Å²) in [5.41, 5.74) is 7.55. The SMILES string of the molecule is NCCC1CCCCN1C(=O)c1ccc(OCc2ccccc2)cc1. The lowest BCUT2D eigenvalue weighted by Gasteiger charge is -2.35. The smallest absolute Gasteiger partial charge is 0.254 e. The third-order valence-electron chi connectivity index (χ3n) is 4.74. The first-order valence-electron chi connectivity index (χ1n) is 9.06. The van der Waals surface area contributed by atoms with Crippen molar-refractivity contribution in [1.29, 1.82) is 0 Å². The highest BCUT2D eigenvalue weighted by molar-refractivity contribution is 5.94. The van der Waals surface area contributed by atoms with Gasteiger partial charge < -0.3 is 15.4 Å². The molecular formula is C21H26N2O2. The quantitative estimate of drug-likeness (QED) is 0.875. The largest absolute Gasteiger partial charge is 0.489 e. The number of piperidine rings is 1. The Morgan fingerprint density at radius 1 is 1.08 bits per heavy atom. The summed E-state index contributed by atoms with van der Waals surface area (Å²) in [4.78, 5) is 14.8. The zero-order chi connectivity index (χ0) is 17.5. The van der Waals surface area contributed by atoms with Crippen molar-refractivity contribution in [3.05, 3.63) is 65.7 Å². The maximum Gasteiger partial charge on any atom is 0.254 e. The van der Waals surface area contributed by atoms with Gasteiger partial charge in [-0.2, -0.15) is 0 Å².